The van der Waals surface area contributed by atoms with Crippen molar-refractivity contribution in [3.63, 3.8) is 0 Å². The maximum Gasteiger partial charge on any atom is 0.255 e. The van der Waals surface area contributed by atoms with Gasteiger partial charge in [0.15, 0.2) is 5.43 Å². The van der Waals surface area contributed by atoms with Crippen LogP contribution in [0.5, 0.6) is 0 Å². The Kier molecular flexibility index (Phi) is 5.13. The largest absolute Gasteiger partial charge is 0.456 e. The van der Waals surface area contributed by atoms with E-state index in [4.69, 9.17) is 10.2 Å². The number of carbonyl (C=O) groups excluding carboxylic acids is 2. The third-order valence-corrected chi connectivity index (χ3v) is 5.02. The molecule has 0 bridgehead atoms. The smallest absolute Gasteiger partial charge is 0.255 e. The van der Waals surface area contributed by atoms with E-state index in [2.05, 4.69) is 5.32 Å². The minimum absolute atomic E-state index is 0.107. The highest BCUT2D eigenvalue weighted by atomic mass is 16.3. The normalized spacial score (nSPS) is 10.8. The topological polar surface area (TPSA) is 102 Å². The lowest BCUT2D eigenvalue weighted by Gasteiger charge is -2.08. The zero-order valence-corrected chi connectivity index (χ0v) is 17.1. The molecule has 0 saturated heterocycles. The van der Waals surface area contributed by atoms with Gasteiger partial charge in [0.25, 0.3) is 5.91 Å². The first-order valence-corrected chi connectivity index (χ1v) is 9.68. The summed E-state index contributed by atoms with van der Waals surface area (Å²) in [6.07, 6.45) is 0. The van der Waals surface area contributed by atoms with Gasteiger partial charge in [-0.3, -0.25) is 14.4 Å². The number of rotatable bonds is 4. The maximum atomic E-state index is 12.6. The molecule has 0 aliphatic heterocycles. The number of hydrogen-bond acceptors (Lipinski definition) is 4. The summed E-state index contributed by atoms with van der Waals surface area (Å²) in [5, 5.41) is 3.32. The Balaban J connectivity index is 1.58. The fraction of sp³-hybridized carbons (Fsp3) is 0.0800. The van der Waals surface area contributed by atoms with E-state index in [0.717, 1.165) is 11.1 Å². The lowest BCUT2D eigenvalue weighted by Crippen LogP contribution is -2.13. The quantitative estimate of drug-likeness (QED) is 0.518. The highest BCUT2D eigenvalue weighted by Crippen LogP contribution is 2.25. The van der Waals surface area contributed by atoms with Gasteiger partial charge in [-0.2, -0.15) is 0 Å². The van der Waals surface area contributed by atoms with Crippen molar-refractivity contribution in [2.45, 2.75) is 13.8 Å². The standard InChI is InChI=1S/C25H20N2O4/c1-14-11-15(2)23-20(12-14)21(28)13-22(31-23)16-3-5-18(6-4-16)25(30)27-19-9-7-17(8-10-19)24(26)29/h3-13H,1-2H3,(H2,26,29)(H,27,30). The summed E-state index contributed by atoms with van der Waals surface area (Å²) in [7, 11) is 0. The molecule has 4 rings (SSSR count). The summed E-state index contributed by atoms with van der Waals surface area (Å²) in [5.74, 6) is -0.387. The van der Waals surface area contributed by atoms with Gasteiger partial charge in [-0.1, -0.05) is 18.2 Å². The molecule has 0 fully saturated rings. The number of anilines is 1. The van der Waals surface area contributed by atoms with Crippen LogP contribution in [0.2, 0.25) is 0 Å². The molecule has 2 amide bonds. The van der Waals surface area contributed by atoms with E-state index >= 15 is 0 Å². The number of aryl methyl sites for hydroxylation is 2. The molecule has 1 aromatic heterocycles. The summed E-state index contributed by atoms with van der Waals surface area (Å²) >= 11 is 0. The van der Waals surface area contributed by atoms with Crippen molar-refractivity contribution in [1.82, 2.24) is 0 Å². The second-order valence-electron chi connectivity index (χ2n) is 7.41. The fourth-order valence-electron chi connectivity index (χ4n) is 3.46. The molecule has 6 nitrogen and oxygen atoms in total. The average molecular weight is 412 g/mol. The third kappa shape index (κ3) is 4.09. The first-order chi connectivity index (χ1) is 14.8. The van der Waals surface area contributed by atoms with E-state index in [1.165, 1.54) is 6.07 Å². The lowest BCUT2D eigenvalue weighted by molar-refractivity contribution is 0.0998. The van der Waals surface area contributed by atoms with E-state index < -0.39 is 5.91 Å². The maximum absolute atomic E-state index is 12.6. The number of hydrogen-bond donors (Lipinski definition) is 2. The molecule has 0 saturated carbocycles. The van der Waals surface area contributed by atoms with E-state index in [0.29, 0.717) is 39.1 Å². The molecule has 0 radical (unpaired) electrons. The molecule has 1 heterocycles. The van der Waals surface area contributed by atoms with Crippen LogP contribution in [0.1, 0.15) is 31.8 Å². The molecule has 154 valence electrons. The Labute approximate surface area is 178 Å². The van der Waals surface area contributed by atoms with Gasteiger partial charge in [0, 0.05) is 28.4 Å². The van der Waals surface area contributed by atoms with Gasteiger partial charge in [0.2, 0.25) is 5.91 Å². The van der Waals surface area contributed by atoms with Gasteiger partial charge in [0.1, 0.15) is 11.3 Å². The molecule has 31 heavy (non-hydrogen) atoms. The summed E-state index contributed by atoms with van der Waals surface area (Å²) in [6, 6.07) is 18.4. The summed E-state index contributed by atoms with van der Waals surface area (Å²) in [5.41, 5.74) is 9.63. The third-order valence-electron chi connectivity index (χ3n) is 5.02. The molecule has 4 aromatic rings. The van der Waals surface area contributed by atoms with Gasteiger partial charge < -0.3 is 15.5 Å². The molecule has 0 spiro atoms. The number of amides is 2. The Morgan fingerprint density at radius 3 is 2.16 bits per heavy atom. The van der Waals surface area contributed by atoms with Crippen molar-refractivity contribution in [1.29, 1.82) is 0 Å². The zero-order valence-electron chi connectivity index (χ0n) is 17.1. The van der Waals surface area contributed by atoms with Crippen LogP contribution < -0.4 is 16.5 Å². The van der Waals surface area contributed by atoms with E-state index in [1.807, 2.05) is 26.0 Å². The van der Waals surface area contributed by atoms with Crippen molar-refractivity contribution < 1.29 is 14.0 Å². The number of primary amides is 1. The second-order valence-corrected chi connectivity index (χ2v) is 7.41. The van der Waals surface area contributed by atoms with E-state index in [-0.39, 0.29) is 11.3 Å². The number of carbonyl (C=O) groups is 2. The lowest BCUT2D eigenvalue weighted by atomic mass is 10.1. The Morgan fingerprint density at radius 2 is 1.52 bits per heavy atom. The highest BCUT2D eigenvalue weighted by Gasteiger charge is 2.12. The molecule has 0 aliphatic rings. The van der Waals surface area contributed by atoms with Crippen molar-refractivity contribution in [2.75, 3.05) is 5.32 Å². The molecule has 0 unspecified atom stereocenters. The van der Waals surface area contributed by atoms with Crippen LogP contribution in [-0.4, -0.2) is 11.8 Å². The van der Waals surface area contributed by atoms with Gasteiger partial charge in [-0.25, -0.2) is 0 Å². The predicted molar refractivity (Wildman–Crippen MR) is 120 cm³/mol. The number of benzene rings is 3. The average Bonchev–Trinajstić information content (AvgIpc) is 2.75. The van der Waals surface area contributed by atoms with Crippen LogP contribution in [-0.2, 0) is 0 Å². The molecule has 0 aliphatic carbocycles. The molecule has 3 N–H and O–H groups in total. The summed E-state index contributed by atoms with van der Waals surface area (Å²) < 4.78 is 6.00. The first kappa shape index (κ1) is 20.1. The van der Waals surface area contributed by atoms with Crippen LogP contribution >= 0.6 is 0 Å². The van der Waals surface area contributed by atoms with Gasteiger partial charge in [-0.15, -0.1) is 0 Å². The predicted octanol–water partition coefficient (Wildman–Crippen LogP) is 4.43. The number of nitrogens with one attached hydrogen (secondary N) is 1. The monoisotopic (exact) mass is 412 g/mol. The van der Waals surface area contributed by atoms with Gasteiger partial charge in [0.05, 0.1) is 5.39 Å². The number of fused-ring (bicyclic) bond motifs is 1. The van der Waals surface area contributed by atoms with Crippen LogP contribution in [0, 0.1) is 13.8 Å². The SMILES string of the molecule is Cc1cc(C)c2oc(-c3ccc(C(=O)Nc4ccc(C(N)=O)cc4)cc3)cc(=O)c2c1. The second kappa shape index (κ2) is 7.91. The van der Waals surface area contributed by atoms with Crippen molar-refractivity contribution >= 4 is 28.5 Å². The highest BCUT2D eigenvalue weighted by molar-refractivity contribution is 6.04. The van der Waals surface area contributed by atoms with Crippen LogP contribution in [0.15, 0.2) is 75.9 Å². The van der Waals surface area contributed by atoms with Gasteiger partial charge in [-0.05, 0) is 67.4 Å². The Morgan fingerprint density at radius 1 is 0.871 bits per heavy atom. The molecular formula is C25H20N2O4. The van der Waals surface area contributed by atoms with Crippen LogP contribution in [0.3, 0.4) is 0 Å². The van der Waals surface area contributed by atoms with Crippen LogP contribution in [0.4, 0.5) is 5.69 Å². The van der Waals surface area contributed by atoms with Gasteiger partial charge >= 0.3 is 0 Å². The first-order valence-electron chi connectivity index (χ1n) is 9.68. The van der Waals surface area contributed by atoms with E-state index in [1.54, 1.807) is 48.5 Å². The molecule has 6 heteroatoms. The number of nitrogens with two attached hydrogens (primary N) is 1. The molecule has 0 atom stereocenters. The van der Waals surface area contributed by atoms with Crippen LogP contribution in [0.25, 0.3) is 22.3 Å². The summed E-state index contributed by atoms with van der Waals surface area (Å²) in [4.78, 5) is 36.2. The Hall–Kier alpha value is -4.19. The molecule has 3 aromatic carbocycles. The minimum Gasteiger partial charge on any atom is -0.456 e. The minimum atomic E-state index is -0.529. The summed E-state index contributed by atoms with van der Waals surface area (Å²) in [6.45, 7) is 3.85. The zero-order chi connectivity index (χ0) is 22.1. The molecular weight excluding hydrogens is 392 g/mol. The fourth-order valence-corrected chi connectivity index (χ4v) is 3.46. The van der Waals surface area contributed by atoms with Crippen molar-refractivity contribution in [2.24, 2.45) is 5.73 Å². The van der Waals surface area contributed by atoms with Crippen molar-refractivity contribution in [3.8, 4) is 11.3 Å². The van der Waals surface area contributed by atoms with E-state index in [9.17, 15) is 14.4 Å². The Bertz CT molecular complexity index is 1370. The van der Waals surface area contributed by atoms with Crippen molar-refractivity contribution in [3.05, 3.63) is 99.2 Å².